The lowest BCUT2D eigenvalue weighted by molar-refractivity contribution is -0.385. The molecule has 6 heteroatoms. The van der Waals surface area contributed by atoms with Gasteiger partial charge in [-0.15, -0.1) is 0 Å². The molecule has 21 heavy (non-hydrogen) atoms. The average molecular weight is 305 g/mol. The van der Waals surface area contributed by atoms with Crippen LogP contribution in [0.25, 0.3) is 10.9 Å². The Morgan fingerprint density at radius 2 is 2.05 bits per heavy atom. The van der Waals surface area contributed by atoms with Crippen molar-refractivity contribution in [2.24, 2.45) is 0 Å². The van der Waals surface area contributed by atoms with Gasteiger partial charge in [-0.3, -0.25) is 10.1 Å². The monoisotopic (exact) mass is 304 g/mol. The van der Waals surface area contributed by atoms with Gasteiger partial charge in [-0.2, -0.15) is 0 Å². The summed E-state index contributed by atoms with van der Waals surface area (Å²) < 4.78 is 15.2. The largest absolute Gasteiger partial charge is 0.343 e. The van der Waals surface area contributed by atoms with Gasteiger partial charge in [-0.1, -0.05) is 17.7 Å². The molecule has 0 saturated heterocycles. The highest BCUT2D eigenvalue weighted by atomic mass is 35.5. The maximum atomic E-state index is 13.4. The van der Waals surface area contributed by atoms with Gasteiger partial charge in [0, 0.05) is 28.2 Å². The van der Waals surface area contributed by atoms with Gasteiger partial charge in [0.1, 0.15) is 5.82 Å². The van der Waals surface area contributed by atoms with Gasteiger partial charge < -0.3 is 4.57 Å². The van der Waals surface area contributed by atoms with E-state index < -0.39 is 10.7 Å². The molecular weight excluding hydrogens is 295 g/mol. The van der Waals surface area contributed by atoms with E-state index in [1.807, 2.05) is 16.7 Å². The number of hydrogen-bond acceptors (Lipinski definition) is 2. The fourth-order valence-corrected chi connectivity index (χ4v) is 2.60. The third kappa shape index (κ3) is 2.48. The molecule has 0 unspecified atom stereocenters. The molecule has 0 saturated carbocycles. The molecule has 1 aromatic heterocycles. The van der Waals surface area contributed by atoms with E-state index in [1.165, 1.54) is 12.1 Å². The van der Waals surface area contributed by atoms with Crippen molar-refractivity contribution in [1.82, 2.24) is 4.57 Å². The summed E-state index contributed by atoms with van der Waals surface area (Å²) >= 11 is 6.10. The summed E-state index contributed by atoms with van der Waals surface area (Å²) in [6.07, 6.45) is 1.78. The summed E-state index contributed by atoms with van der Waals surface area (Å²) in [7, 11) is 0. The lowest BCUT2D eigenvalue weighted by Gasteiger charge is -2.07. The molecule has 0 aliphatic heterocycles. The van der Waals surface area contributed by atoms with Crippen molar-refractivity contribution in [2.45, 2.75) is 6.54 Å². The number of aromatic nitrogens is 1. The lowest BCUT2D eigenvalue weighted by atomic mass is 10.1. The minimum Gasteiger partial charge on any atom is -0.343 e. The Bertz CT molecular complexity index is 845. The Balaban J connectivity index is 2.09. The van der Waals surface area contributed by atoms with Gasteiger partial charge in [0.05, 0.1) is 17.0 Å². The van der Waals surface area contributed by atoms with Crippen LogP contribution < -0.4 is 0 Å². The van der Waals surface area contributed by atoms with Gasteiger partial charge in [0.25, 0.3) is 5.69 Å². The Kier molecular flexibility index (Phi) is 3.35. The van der Waals surface area contributed by atoms with Crippen LogP contribution in [0.3, 0.4) is 0 Å². The molecule has 0 aliphatic carbocycles. The predicted molar refractivity (Wildman–Crippen MR) is 79.1 cm³/mol. The van der Waals surface area contributed by atoms with E-state index in [4.69, 9.17) is 11.6 Å². The highest BCUT2D eigenvalue weighted by Crippen LogP contribution is 2.27. The zero-order valence-electron chi connectivity index (χ0n) is 10.8. The SMILES string of the molecule is O=[N+]([O-])c1ccc(F)cc1Cn1ccc2c(Cl)cccc21. The van der Waals surface area contributed by atoms with Crippen LogP contribution in [0, 0.1) is 15.9 Å². The van der Waals surface area contributed by atoms with Crippen LogP contribution in [0.5, 0.6) is 0 Å². The Labute approximate surface area is 124 Å². The van der Waals surface area contributed by atoms with Crippen LogP contribution in [-0.4, -0.2) is 9.49 Å². The maximum absolute atomic E-state index is 13.4. The molecular formula is C15H10ClFN2O2. The van der Waals surface area contributed by atoms with Crippen LogP contribution in [-0.2, 0) is 6.54 Å². The predicted octanol–water partition coefficient (Wildman–Crippen LogP) is 4.39. The molecule has 1 heterocycles. The van der Waals surface area contributed by atoms with Crippen molar-refractivity contribution >= 4 is 28.2 Å². The summed E-state index contributed by atoms with van der Waals surface area (Å²) in [6.45, 7) is 0.206. The van der Waals surface area contributed by atoms with Crippen molar-refractivity contribution in [3.63, 3.8) is 0 Å². The minimum atomic E-state index is -0.507. The quantitative estimate of drug-likeness (QED) is 0.532. The van der Waals surface area contributed by atoms with Crippen molar-refractivity contribution in [2.75, 3.05) is 0 Å². The molecule has 0 radical (unpaired) electrons. The van der Waals surface area contributed by atoms with Crippen molar-refractivity contribution in [3.8, 4) is 0 Å². The second kappa shape index (κ2) is 5.18. The van der Waals surface area contributed by atoms with E-state index in [-0.39, 0.29) is 12.2 Å². The second-order valence-electron chi connectivity index (χ2n) is 4.65. The first-order valence-electron chi connectivity index (χ1n) is 6.22. The Hall–Kier alpha value is -2.40. The minimum absolute atomic E-state index is 0.0970. The molecule has 4 nitrogen and oxygen atoms in total. The number of nitro benzene ring substituents is 1. The van der Waals surface area contributed by atoms with E-state index in [9.17, 15) is 14.5 Å². The molecule has 0 spiro atoms. The number of fused-ring (bicyclic) bond motifs is 1. The van der Waals surface area contributed by atoms with Gasteiger partial charge >= 0.3 is 0 Å². The molecule has 0 atom stereocenters. The maximum Gasteiger partial charge on any atom is 0.274 e. The van der Waals surface area contributed by atoms with E-state index in [0.29, 0.717) is 10.6 Å². The molecule has 2 aromatic carbocycles. The van der Waals surface area contributed by atoms with Crippen LogP contribution in [0.2, 0.25) is 5.02 Å². The highest BCUT2D eigenvalue weighted by molar-refractivity contribution is 6.35. The third-order valence-corrected chi connectivity index (χ3v) is 3.67. The molecule has 106 valence electrons. The second-order valence-corrected chi connectivity index (χ2v) is 5.05. The van der Waals surface area contributed by atoms with Crippen molar-refractivity contribution < 1.29 is 9.31 Å². The first-order valence-corrected chi connectivity index (χ1v) is 6.60. The molecule has 0 N–H and O–H groups in total. The third-order valence-electron chi connectivity index (χ3n) is 3.34. The van der Waals surface area contributed by atoms with Crippen LogP contribution in [0.4, 0.5) is 10.1 Å². The van der Waals surface area contributed by atoms with Crippen molar-refractivity contribution in [3.05, 3.63) is 75.2 Å². The highest BCUT2D eigenvalue weighted by Gasteiger charge is 2.15. The fraction of sp³-hybridized carbons (Fsp3) is 0.0667. The zero-order valence-corrected chi connectivity index (χ0v) is 11.5. The smallest absolute Gasteiger partial charge is 0.274 e. The molecule has 0 fully saturated rings. The van der Waals surface area contributed by atoms with Crippen LogP contribution >= 0.6 is 11.6 Å². The zero-order chi connectivity index (χ0) is 15.0. The lowest BCUT2D eigenvalue weighted by Crippen LogP contribution is -2.02. The average Bonchev–Trinajstić information content (AvgIpc) is 2.83. The van der Waals surface area contributed by atoms with Crippen LogP contribution in [0.15, 0.2) is 48.7 Å². The van der Waals surface area contributed by atoms with E-state index in [2.05, 4.69) is 0 Å². The summed E-state index contributed by atoms with van der Waals surface area (Å²) in [4.78, 5) is 10.5. The first-order chi connectivity index (χ1) is 10.1. The molecule has 3 rings (SSSR count). The van der Waals surface area contributed by atoms with E-state index in [0.717, 1.165) is 17.0 Å². The molecule has 0 bridgehead atoms. The number of halogens is 2. The molecule has 3 aromatic rings. The summed E-state index contributed by atoms with van der Waals surface area (Å²) in [5, 5.41) is 12.5. The van der Waals surface area contributed by atoms with Crippen LogP contribution in [0.1, 0.15) is 5.56 Å². The summed E-state index contributed by atoms with van der Waals surface area (Å²) in [5.41, 5.74) is 1.07. The summed E-state index contributed by atoms with van der Waals surface area (Å²) in [6, 6.07) is 10.7. The van der Waals surface area contributed by atoms with E-state index >= 15 is 0 Å². The number of benzene rings is 2. The first kappa shape index (κ1) is 13.6. The standard InChI is InChI=1S/C15H10ClFN2O2/c16-13-2-1-3-15-12(13)6-7-18(15)9-10-8-11(17)4-5-14(10)19(20)21/h1-8H,9H2. The van der Waals surface area contributed by atoms with E-state index in [1.54, 1.807) is 18.3 Å². The van der Waals surface area contributed by atoms with Gasteiger partial charge in [0.2, 0.25) is 0 Å². The number of hydrogen-bond donors (Lipinski definition) is 0. The number of nitrogens with zero attached hydrogens (tertiary/aromatic N) is 2. The number of nitro groups is 1. The molecule has 0 amide bonds. The van der Waals surface area contributed by atoms with Gasteiger partial charge in [-0.05, 0) is 30.3 Å². The van der Waals surface area contributed by atoms with Gasteiger partial charge in [-0.25, -0.2) is 4.39 Å². The summed E-state index contributed by atoms with van der Waals surface area (Å²) in [5.74, 6) is -0.495. The normalized spacial score (nSPS) is 11.0. The molecule has 0 aliphatic rings. The number of rotatable bonds is 3. The van der Waals surface area contributed by atoms with Crippen molar-refractivity contribution in [1.29, 1.82) is 0 Å². The Morgan fingerprint density at radius 1 is 1.24 bits per heavy atom. The van der Waals surface area contributed by atoms with Gasteiger partial charge in [0.15, 0.2) is 0 Å². The fourth-order valence-electron chi connectivity index (χ4n) is 2.37. The Morgan fingerprint density at radius 3 is 2.81 bits per heavy atom. The topological polar surface area (TPSA) is 48.1 Å².